The highest BCUT2D eigenvalue weighted by Gasteiger charge is 2.05. The monoisotopic (exact) mass is 336 g/mol. The first-order valence-corrected chi connectivity index (χ1v) is 8.47. The van der Waals surface area contributed by atoms with Gasteiger partial charge in [0.15, 0.2) is 11.8 Å². The topological polar surface area (TPSA) is 76.4 Å². The Kier molecular flexibility index (Phi) is 7.02. The van der Waals surface area contributed by atoms with Crippen LogP contribution < -0.4 is 10.6 Å². The molecule has 0 atom stereocenters. The second-order valence-corrected chi connectivity index (χ2v) is 6.10. The van der Waals surface area contributed by atoms with Crippen molar-refractivity contribution in [3.05, 3.63) is 34.0 Å². The molecule has 0 amide bonds. The Morgan fingerprint density at radius 3 is 2.83 bits per heavy atom. The van der Waals surface area contributed by atoms with Gasteiger partial charge in [0.05, 0.1) is 6.61 Å². The maximum Gasteiger partial charge on any atom is 0.191 e. The molecule has 2 N–H and O–H groups in total. The SMILES string of the molecule is COCCNC(=NCc1nnc(C)n1C)NCCc1cccs1. The minimum Gasteiger partial charge on any atom is -0.383 e. The highest BCUT2D eigenvalue weighted by Crippen LogP contribution is 2.08. The van der Waals surface area contributed by atoms with Crippen molar-refractivity contribution in [2.45, 2.75) is 19.9 Å². The van der Waals surface area contributed by atoms with Crippen molar-refractivity contribution < 1.29 is 4.74 Å². The lowest BCUT2D eigenvalue weighted by Crippen LogP contribution is -2.40. The van der Waals surface area contributed by atoms with Gasteiger partial charge in [0.2, 0.25) is 0 Å². The van der Waals surface area contributed by atoms with Gasteiger partial charge >= 0.3 is 0 Å². The summed E-state index contributed by atoms with van der Waals surface area (Å²) >= 11 is 1.77. The number of rotatable bonds is 8. The van der Waals surface area contributed by atoms with E-state index in [1.807, 2.05) is 18.5 Å². The van der Waals surface area contributed by atoms with Gasteiger partial charge in [0.25, 0.3) is 0 Å². The van der Waals surface area contributed by atoms with Gasteiger partial charge in [-0.05, 0) is 24.8 Å². The Morgan fingerprint density at radius 2 is 2.17 bits per heavy atom. The Bertz CT molecular complexity index is 608. The molecule has 0 unspecified atom stereocenters. The first-order chi connectivity index (χ1) is 11.2. The number of guanidine groups is 1. The average molecular weight is 336 g/mol. The zero-order chi connectivity index (χ0) is 16.5. The summed E-state index contributed by atoms with van der Waals surface area (Å²) in [5, 5.41) is 16.9. The highest BCUT2D eigenvalue weighted by atomic mass is 32.1. The van der Waals surface area contributed by atoms with Gasteiger partial charge in [0.1, 0.15) is 12.4 Å². The van der Waals surface area contributed by atoms with Crippen molar-refractivity contribution in [1.29, 1.82) is 0 Å². The molecule has 0 fully saturated rings. The third-order valence-electron chi connectivity index (χ3n) is 3.40. The number of hydrogen-bond acceptors (Lipinski definition) is 5. The van der Waals surface area contributed by atoms with Crippen molar-refractivity contribution in [2.75, 3.05) is 26.8 Å². The second-order valence-electron chi connectivity index (χ2n) is 5.06. The van der Waals surface area contributed by atoms with Crippen LogP contribution in [0.2, 0.25) is 0 Å². The van der Waals surface area contributed by atoms with Crippen LogP contribution in [0.15, 0.2) is 22.5 Å². The number of nitrogens with one attached hydrogen (secondary N) is 2. The van der Waals surface area contributed by atoms with Gasteiger partial charge < -0.3 is 19.9 Å². The number of methoxy groups -OCH3 is 1. The summed E-state index contributed by atoms with van der Waals surface area (Å²) in [5.74, 6) is 2.49. The minimum atomic E-state index is 0.485. The van der Waals surface area contributed by atoms with Gasteiger partial charge in [-0.3, -0.25) is 0 Å². The minimum absolute atomic E-state index is 0.485. The van der Waals surface area contributed by atoms with Crippen LogP contribution in [0.5, 0.6) is 0 Å². The predicted octanol–water partition coefficient (Wildman–Crippen LogP) is 1.11. The maximum absolute atomic E-state index is 5.07. The smallest absolute Gasteiger partial charge is 0.191 e. The molecule has 0 aromatic carbocycles. The van der Waals surface area contributed by atoms with Gasteiger partial charge in [-0.15, -0.1) is 21.5 Å². The normalized spacial score (nSPS) is 11.7. The van der Waals surface area contributed by atoms with E-state index in [0.717, 1.165) is 30.6 Å². The molecule has 0 saturated carbocycles. The standard InChI is InChI=1S/C15H24N6OS/c1-12-19-20-14(21(12)2)11-18-15(17-8-9-22-3)16-7-6-13-5-4-10-23-13/h4-5,10H,6-9,11H2,1-3H3,(H2,16,17,18). The summed E-state index contributed by atoms with van der Waals surface area (Å²) in [4.78, 5) is 5.94. The first kappa shape index (κ1) is 17.4. The van der Waals surface area contributed by atoms with Crippen LogP contribution >= 0.6 is 11.3 Å². The number of aromatic nitrogens is 3. The third-order valence-corrected chi connectivity index (χ3v) is 4.34. The summed E-state index contributed by atoms with van der Waals surface area (Å²) in [5.41, 5.74) is 0. The lowest BCUT2D eigenvalue weighted by atomic mass is 10.3. The van der Waals surface area contributed by atoms with Crippen LogP contribution in [-0.2, 0) is 24.8 Å². The maximum atomic E-state index is 5.07. The molecule has 0 spiro atoms. The Morgan fingerprint density at radius 1 is 1.35 bits per heavy atom. The van der Waals surface area contributed by atoms with E-state index in [9.17, 15) is 0 Å². The van der Waals surface area contributed by atoms with E-state index in [1.165, 1.54) is 4.88 Å². The number of hydrogen-bond donors (Lipinski definition) is 2. The quantitative estimate of drug-likeness (QED) is 0.429. The Balaban J connectivity index is 1.89. The molecular formula is C15H24N6OS. The second kappa shape index (κ2) is 9.26. The number of aliphatic imine (C=N–C) groups is 1. The Labute approximate surface area is 140 Å². The summed E-state index contributed by atoms with van der Waals surface area (Å²) in [7, 11) is 3.63. The fraction of sp³-hybridized carbons (Fsp3) is 0.533. The zero-order valence-corrected chi connectivity index (χ0v) is 14.7. The highest BCUT2D eigenvalue weighted by molar-refractivity contribution is 7.09. The molecule has 2 aromatic rings. The predicted molar refractivity (Wildman–Crippen MR) is 92.8 cm³/mol. The van der Waals surface area contributed by atoms with Crippen LogP contribution in [0.25, 0.3) is 0 Å². The van der Waals surface area contributed by atoms with Gasteiger partial charge in [-0.2, -0.15) is 0 Å². The molecule has 2 aromatic heterocycles. The molecule has 126 valence electrons. The van der Waals surface area contributed by atoms with E-state index in [4.69, 9.17) is 4.74 Å². The van der Waals surface area contributed by atoms with Crippen molar-refractivity contribution >= 4 is 17.3 Å². The fourth-order valence-electron chi connectivity index (χ4n) is 1.94. The number of aryl methyl sites for hydroxylation is 1. The van der Waals surface area contributed by atoms with E-state index in [-0.39, 0.29) is 0 Å². The number of ether oxygens (including phenoxy) is 1. The van der Waals surface area contributed by atoms with E-state index >= 15 is 0 Å². The molecule has 0 aliphatic rings. The van der Waals surface area contributed by atoms with Crippen molar-refractivity contribution in [3.63, 3.8) is 0 Å². The molecule has 0 radical (unpaired) electrons. The van der Waals surface area contributed by atoms with E-state index < -0.39 is 0 Å². The van der Waals surface area contributed by atoms with Crippen LogP contribution in [0.4, 0.5) is 0 Å². The number of thiophene rings is 1. The average Bonchev–Trinajstić information content (AvgIpc) is 3.17. The molecular weight excluding hydrogens is 312 g/mol. The van der Waals surface area contributed by atoms with E-state index in [2.05, 4.69) is 43.3 Å². The molecule has 23 heavy (non-hydrogen) atoms. The van der Waals surface area contributed by atoms with E-state index in [1.54, 1.807) is 18.4 Å². The molecule has 2 rings (SSSR count). The molecule has 0 aliphatic heterocycles. The zero-order valence-electron chi connectivity index (χ0n) is 13.9. The summed E-state index contributed by atoms with van der Waals surface area (Å²) in [6.45, 7) is 4.58. The fourth-order valence-corrected chi connectivity index (χ4v) is 2.65. The van der Waals surface area contributed by atoms with Crippen molar-refractivity contribution in [3.8, 4) is 0 Å². The van der Waals surface area contributed by atoms with Crippen molar-refractivity contribution in [1.82, 2.24) is 25.4 Å². The van der Waals surface area contributed by atoms with Gasteiger partial charge in [-0.25, -0.2) is 4.99 Å². The summed E-state index contributed by atoms with van der Waals surface area (Å²) in [6, 6.07) is 4.21. The molecule has 0 aliphatic carbocycles. The molecule has 0 saturated heterocycles. The van der Waals surface area contributed by atoms with Crippen LogP contribution in [-0.4, -0.2) is 47.5 Å². The summed E-state index contributed by atoms with van der Waals surface area (Å²) < 4.78 is 7.02. The Hall–Kier alpha value is -1.93. The summed E-state index contributed by atoms with van der Waals surface area (Å²) in [6.07, 6.45) is 0.978. The van der Waals surface area contributed by atoms with E-state index in [0.29, 0.717) is 19.7 Å². The van der Waals surface area contributed by atoms with Gasteiger partial charge in [0, 0.05) is 32.1 Å². The van der Waals surface area contributed by atoms with Crippen LogP contribution in [0, 0.1) is 6.92 Å². The molecule has 2 heterocycles. The van der Waals surface area contributed by atoms with Crippen molar-refractivity contribution in [2.24, 2.45) is 12.0 Å². The lowest BCUT2D eigenvalue weighted by Gasteiger charge is -2.12. The molecule has 0 bridgehead atoms. The van der Waals surface area contributed by atoms with Crippen LogP contribution in [0.1, 0.15) is 16.5 Å². The molecule has 8 heteroatoms. The lowest BCUT2D eigenvalue weighted by molar-refractivity contribution is 0.203. The first-order valence-electron chi connectivity index (χ1n) is 7.59. The van der Waals surface area contributed by atoms with Crippen LogP contribution in [0.3, 0.4) is 0 Å². The number of nitrogens with zero attached hydrogens (tertiary/aromatic N) is 4. The third kappa shape index (κ3) is 5.65. The molecule has 7 nitrogen and oxygen atoms in total. The van der Waals surface area contributed by atoms with Gasteiger partial charge in [-0.1, -0.05) is 6.07 Å². The largest absolute Gasteiger partial charge is 0.383 e.